The van der Waals surface area contributed by atoms with E-state index in [9.17, 15) is 9.50 Å². The number of anilines is 1. The molecule has 3 nitrogen and oxygen atoms in total. The number of amidine groups is 1. The molecule has 0 saturated carbocycles. The molecule has 4 rings (SSSR count). The Morgan fingerprint density at radius 1 is 1.17 bits per heavy atom. The van der Waals surface area contributed by atoms with Crippen molar-refractivity contribution in [1.29, 1.82) is 0 Å². The van der Waals surface area contributed by atoms with Gasteiger partial charge in [-0.05, 0) is 61.0 Å². The first kappa shape index (κ1) is 15.7. The van der Waals surface area contributed by atoms with E-state index in [4.69, 9.17) is 0 Å². The summed E-state index contributed by atoms with van der Waals surface area (Å²) in [5.74, 6) is 0.760. The van der Waals surface area contributed by atoms with Crippen LogP contribution in [0.5, 0.6) is 0 Å². The lowest BCUT2D eigenvalue weighted by atomic mass is 10.00. The van der Waals surface area contributed by atoms with Gasteiger partial charge in [0, 0.05) is 11.3 Å². The van der Waals surface area contributed by atoms with Gasteiger partial charge >= 0.3 is 5.17 Å². The minimum Gasteiger partial charge on any atom is -0.346 e. The fraction of sp³-hybridized carbons (Fsp3) is 0.316. The molecule has 2 heterocycles. The van der Waals surface area contributed by atoms with Crippen molar-refractivity contribution in [2.24, 2.45) is 0 Å². The number of halogens is 1. The largest absolute Gasteiger partial charge is 0.346 e. The van der Waals surface area contributed by atoms with Crippen LogP contribution in [0.3, 0.4) is 0 Å². The summed E-state index contributed by atoms with van der Waals surface area (Å²) in [5, 5.41) is 12.7. The molecule has 0 radical (unpaired) electrons. The Hall–Kier alpha value is -1.85. The number of nitrogens with zero attached hydrogens (tertiary/aromatic N) is 2. The van der Waals surface area contributed by atoms with Crippen LogP contribution in [-0.4, -0.2) is 33.7 Å². The van der Waals surface area contributed by atoms with Gasteiger partial charge in [-0.2, -0.15) is 4.90 Å². The summed E-state index contributed by atoms with van der Waals surface area (Å²) in [6.07, 6.45) is 1.11. The van der Waals surface area contributed by atoms with Gasteiger partial charge in [-0.25, -0.2) is 8.97 Å². The average molecular weight is 343 g/mol. The number of aryl methyl sites for hydroxylation is 1. The van der Waals surface area contributed by atoms with Crippen molar-refractivity contribution in [2.45, 2.75) is 19.1 Å². The molecular formula is C19H20FN2OS+. The van der Waals surface area contributed by atoms with Gasteiger partial charge in [0.25, 0.3) is 5.72 Å². The van der Waals surface area contributed by atoms with Gasteiger partial charge in [0.2, 0.25) is 0 Å². The number of hydrogen-bond acceptors (Lipinski definition) is 3. The third-order valence-electron chi connectivity index (χ3n) is 4.71. The minimum absolute atomic E-state index is 0.289. The molecule has 2 aromatic carbocycles. The molecule has 2 aliphatic rings. The number of hydrogen-bond donors (Lipinski definition) is 1. The van der Waals surface area contributed by atoms with Gasteiger partial charge in [-0.3, -0.25) is 0 Å². The second-order valence-corrected chi connectivity index (χ2v) is 7.41. The predicted octanol–water partition coefficient (Wildman–Crippen LogP) is 3.30. The first-order chi connectivity index (χ1) is 11.6. The van der Waals surface area contributed by atoms with Gasteiger partial charge in [-0.1, -0.05) is 18.2 Å². The molecule has 0 aromatic heterocycles. The molecule has 0 amide bonds. The molecule has 2 aromatic rings. The number of benzene rings is 2. The normalized spacial score (nSPS) is 23.5. The zero-order chi connectivity index (χ0) is 16.7. The second-order valence-electron chi connectivity index (χ2n) is 6.35. The van der Waals surface area contributed by atoms with Crippen molar-refractivity contribution >= 4 is 22.6 Å². The molecule has 124 valence electrons. The molecule has 0 saturated heterocycles. The lowest BCUT2D eigenvalue weighted by molar-refractivity contribution is -0.532. The fourth-order valence-electron chi connectivity index (χ4n) is 3.51. The highest BCUT2D eigenvalue weighted by atomic mass is 32.2. The van der Waals surface area contributed by atoms with Crippen LogP contribution in [0.1, 0.15) is 17.5 Å². The van der Waals surface area contributed by atoms with Gasteiger partial charge in [0.05, 0.1) is 6.54 Å². The Morgan fingerprint density at radius 3 is 2.67 bits per heavy atom. The molecule has 0 aliphatic carbocycles. The van der Waals surface area contributed by atoms with Crippen LogP contribution in [0.2, 0.25) is 0 Å². The van der Waals surface area contributed by atoms with Gasteiger partial charge < -0.3 is 5.11 Å². The maximum absolute atomic E-state index is 13.4. The molecule has 1 atom stereocenters. The molecule has 24 heavy (non-hydrogen) atoms. The zero-order valence-corrected chi connectivity index (χ0v) is 14.4. The number of rotatable bonds is 2. The Bertz CT molecular complexity index is 805. The Balaban J connectivity index is 1.87. The van der Waals surface area contributed by atoms with E-state index in [1.807, 2.05) is 23.1 Å². The van der Waals surface area contributed by atoms with Gasteiger partial charge in [0.1, 0.15) is 11.5 Å². The summed E-state index contributed by atoms with van der Waals surface area (Å²) in [5.41, 5.74) is 1.64. The highest BCUT2D eigenvalue weighted by Gasteiger charge is 2.55. The van der Waals surface area contributed by atoms with Crippen LogP contribution >= 0.6 is 11.8 Å². The van der Waals surface area contributed by atoms with Crippen LogP contribution in [0, 0.1) is 12.7 Å². The van der Waals surface area contributed by atoms with E-state index in [0.717, 1.165) is 40.7 Å². The summed E-state index contributed by atoms with van der Waals surface area (Å²) in [7, 11) is 0. The topological polar surface area (TPSA) is 26.5 Å². The molecule has 0 unspecified atom stereocenters. The molecule has 2 aliphatic heterocycles. The summed E-state index contributed by atoms with van der Waals surface area (Å²) >= 11 is 1.78. The molecule has 5 heteroatoms. The smallest absolute Gasteiger partial charge is 0.316 e. The summed E-state index contributed by atoms with van der Waals surface area (Å²) in [4.78, 5) is 2.03. The molecule has 0 bridgehead atoms. The van der Waals surface area contributed by atoms with Crippen molar-refractivity contribution in [3.63, 3.8) is 0 Å². The van der Waals surface area contributed by atoms with E-state index in [-0.39, 0.29) is 5.82 Å². The summed E-state index contributed by atoms with van der Waals surface area (Å²) in [6.45, 7) is 3.49. The van der Waals surface area contributed by atoms with E-state index in [1.165, 1.54) is 12.1 Å². The van der Waals surface area contributed by atoms with Crippen molar-refractivity contribution in [2.75, 3.05) is 23.7 Å². The van der Waals surface area contributed by atoms with Crippen LogP contribution in [0.25, 0.3) is 0 Å². The number of thioether (sulfide) groups is 1. The summed E-state index contributed by atoms with van der Waals surface area (Å²) < 4.78 is 15.6. The summed E-state index contributed by atoms with van der Waals surface area (Å²) in [6, 6.07) is 14.3. The van der Waals surface area contributed by atoms with Crippen LogP contribution in [-0.2, 0) is 5.72 Å². The highest BCUT2D eigenvalue weighted by molar-refractivity contribution is 8.14. The predicted molar refractivity (Wildman–Crippen MR) is 96.0 cm³/mol. The maximum Gasteiger partial charge on any atom is 0.316 e. The van der Waals surface area contributed by atoms with E-state index in [1.54, 1.807) is 23.9 Å². The van der Waals surface area contributed by atoms with E-state index in [0.29, 0.717) is 6.54 Å². The standard InChI is InChI=1S/C19H20FN2OS/c1-14-5-2-3-6-17(14)22-18-21(11-4-12-24-18)13-19(22,23)15-7-9-16(20)10-8-15/h2-3,5-10,23H,4,11-13H2,1H3/q+1/t19-/m1/s1. The lowest BCUT2D eigenvalue weighted by Gasteiger charge is -2.29. The Kier molecular flexibility index (Phi) is 3.85. The second kappa shape index (κ2) is 5.90. The van der Waals surface area contributed by atoms with E-state index in [2.05, 4.69) is 17.6 Å². The van der Waals surface area contributed by atoms with E-state index >= 15 is 0 Å². The van der Waals surface area contributed by atoms with Crippen molar-refractivity contribution in [3.8, 4) is 0 Å². The van der Waals surface area contributed by atoms with Crippen LogP contribution in [0.4, 0.5) is 10.1 Å². The molecule has 1 N–H and O–H groups in total. The zero-order valence-electron chi connectivity index (χ0n) is 13.6. The lowest BCUT2D eigenvalue weighted by Crippen LogP contribution is -2.47. The van der Waals surface area contributed by atoms with Crippen LogP contribution in [0.15, 0.2) is 48.5 Å². The van der Waals surface area contributed by atoms with Crippen molar-refractivity contribution < 1.29 is 14.1 Å². The average Bonchev–Trinajstić information content (AvgIpc) is 2.89. The third-order valence-corrected chi connectivity index (χ3v) is 5.90. The monoisotopic (exact) mass is 343 g/mol. The Morgan fingerprint density at radius 2 is 1.92 bits per heavy atom. The van der Waals surface area contributed by atoms with Crippen molar-refractivity contribution in [1.82, 2.24) is 0 Å². The van der Waals surface area contributed by atoms with Gasteiger partial charge in [-0.15, -0.1) is 0 Å². The van der Waals surface area contributed by atoms with Crippen LogP contribution < -0.4 is 4.90 Å². The maximum atomic E-state index is 13.4. The number of aliphatic hydroxyl groups is 1. The first-order valence-electron chi connectivity index (χ1n) is 8.18. The fourth-order valence-corrected chi connectivity index (χ4v) is 4.68. The molecule has 0 fully saturated rings. The molecular weight excluding hydrogens is 323 g/mol. The highest BCUT2D eigenvalue weighted by Crippen LogP contribution is 2.40. The van der Waals surface area contributed by atoms with Crippen molar-refractivity contribution in [3.05, 3.63) is 65.5 Å². The SMILES string of the molecule is Cc1ccccc1N1C2=[N+](CCCS2)C[C@@]1(O)c1ccc(F)cc1. The first-order valence-corrected chi connectivity index (χ1v) is 9.17. The number of para-hydroxylation sites is 1. The Labute approximate surface area is 145 Å². The quantitative estimate of drug-likeness (QED) is 0.848. The van der Waals surface area contributed by atoms with E-state index < -0.39 is 5.72 Å². The third kappa shape index (κ3) is 2.43. The molecule has 0 spiro atoms. The van der Waals surface area contributed by atoms with Gasteiger partial charge in [0.15, 0.2) is 6.54 Å². The minimum atomic E-state index is -1.19.